The van der Waals surface area contributed by atoms with Crippen LogP contribution in [0.2, 0.25) is 5.02 Å². The predicted octanol–water partition coefficient (Wildman–Crippen LogP) is 3.66. The number of imidazole rings is 1. The first-order valence-electron chi connectivity index (χ1n) is 7.75. The maximum Gasteiger partial charge on any atom is 0.159 e. The van der Waals surface area contributed by atoms with Crippen molar-refractivity contribution in [3.05, 3.63) is 47.9 Å². The van der Waals surface area contributed by atoms with Crippen LogP contribution in [-0.2, 0) is 0 Å². The SMILES string of the molecule is Clc1ccccc1OC[C@H]1CCCN1c1ccnc2[nH]cnc12. The third-order valence-corrected chi connectivity index (χ3v) is 4.56. The fourth-order valence-electron chi connectivity index (χ4n) is 3.14. The van der Waals surface area contributed by atoms with E-state index in [-0.39, 0.29) is 0 Å². The molecule has 1 atom stereocenters. The summed E-state index contributed by atoms with van der Waals surface area (Å²) in [5.74, 6) is 0.737. The fourth-order valence-corrected chi connectivity index (χ4v) is 3.33. The molecular weight excluding hydrogens is 312 g/mol. The molecule has 1 aliphatic rings. The van der Waals surface area contributed by atoms with E-state index in [4.69, 9.17) is 16.3 Å². The maximum atomic E-state index is 6.17. The summed E-state index contributed by atoms with van der Waals surface area (Å²) < 4.78 is 5.95. The third-order valence-electron chi connectivity index (χ3n) is 4.25. The van der Waals surface area contributed by atoms with E-state index in [0.29, 0.717) is 17.7 Å². The highest BCUT2D eigenvalue weighted by molar-refractivity contribution is 6.32. The number of ether oxygens (including phenoxy) is 1. The number of H-pyrrole nitrogens is 1. The van der Waals surface area contributed by atoms with Crippen LogP contribution < -0.4 is 9.64 Å². The van der Waals surface area contributed by atoms with Gasteiger partial charge in [-0.15, -0.1) is 0 Å². The van der Waals surface area contributed by atoms with Gasteiger partial charge in [0, 0.05) is 12.7 Å². The number of benzene rings is 1. The van der Waals surface area contributed by atoms with Crippen molar-refractivity contribution in [1.82, 2.24) is 15.0 Å². The predicted molar refractivity (Wildman–Crippen MR) is 91.2 cm³/mol. The van der Waals surface area contributed by atoms with E-state index in [2.05, 4.69) is 19.9 Å². The van der Waals surface area contributed by atoms with Gasteiger partial charge in [0.2, 0.25) is 0 Å². The Hall–Kier alpha value is -2.27. The monoisotopic (exact) mass is 328 g/mol. The smallest absolute Gasteiger partial charge is 0.159 e. The summed E-state index contributed by atoms with van der Waals surface area (Å²) in [6.07, 6.45) is 5.75. The zero-order valence-corrected chi connectivity index (χ0v) is 13.3. The first-order valence-corrected chi connectivity index (χ1v) is 8.13. The molecule has 23 heavy (non-hydrogen) atoms. The number of aromatic nitrogens is 3. The van der Waals surface area contributed by atoms with Crippen LogP contribution >= 0.6 is 11.6 Å². The van der Waals surface area contributed by atoms with E-state index >= 15 is 0 Å². The summed E-state index contributed by atoms with van der Waals surface area (Å²) in [5.41, 5.74) is 2.85. The molecule has 0 aliphatic carbocycles. The van der Waals surface area contributed by atoms with Gasteiger partial charge in [-0.3, -0.25) is 0 Å². The molecule has 0 amide bonds. The van der Waals surface area contributed by atoms with Gasteiger partial charge in [0.05, 0.1) is 23.1 Å². The summed E-state index contributed by atoms with van der Waals surface area (Å²) in [5, 5.41) is 0.649. The minimum absolute atomic E-state index is 0.313. The van der Waals surface area contributed by atoms with Gasteiger partial charge in [0.25, 0.3) is 0 Å². The summed E-state index contributed by atoms with van der Waals surface area (Å²) in [4.78, 5) is 14.1. The second-order valence-electron chi connectivity index (χ2n) is 5.66. The zero-order chi connectivity index (χ0) is 15.6. The second kappa shape index (κ2) is 6.08. The molecule has 1 saturated heterocycles. The molecule has 0 saturated carbocycles. The molecular formula is C17H17ClN4O. The molecule has 1 fully saturated rings. The van der Waals surface area contributed by atoms with Crippen LogP contribution in [0.3, 0.4) is 0 Å². The molecule has 3 heterocycles. The lowest BCUT2D eigenvalue weighted by Crippen LogP contribution is -2.34. The number of rotatable bonds is 4. The number of fused-ring (bicyclic) bond motifs is 1. The van der Waals surface area contributed by atoms with Gasteiger partial charge in [-0.1, -0.05) is 23.7 Å². The maximum absolute atomic E-state index is 6.17. The molecule has 118 valence electrons. The first-order chi connectivity index (χ1) is 11.3. The number of anilines is 1. The highest BCUT2D eigenvalue weighted by Gasteiger charge is 2.27. The highest BCUT2D eigenvalue weighted by atomic mass is 35.5. The number of para-hydroxylation sites is 1. The second-order valence-corrected chi connectivity index (χ2v) is 6.07. The van der Waals surface area contributed by atoms with Crippen molar-refractivity contribution in [3.8, 4) is 5.75 Å². The van der Waals surface area contributed by atoms with Crippen molar-refractivity contribution in [2.24, 2.45) is 0 Å². The van der Waals surface area contributed by atoms with Gasteiger partial charge in [0.15, 0.2) is 5.65 Å². The number of halogens is 1. The largest absolute Gasteiger partial charge is 0.490 e. The number of nitrogens with one attached hydrogen (secondary N) is 1. The Kier molecular flexibility index (Phi) is 3.79. The molecule has 6 heteroatoms. The van der Waals surface area contributed by atoms with E-state index in [9.17, 15) is 0 Å². The average molecular weight is 329 g/mol. The summed E-state index contributed by atoms with van der Waals surface area (Å²) in [7, 11) is 0. The third kappa shape index (κ3) is 2.72. The number of hydrogen-bond acceptors (Lipinski definition) is 4. The van der Waals surface area contributed by atoms with Crippen LogP contribution in [0.1, 0.15) is 12.8 Å². The molecule has 3 aromatic rings. The average Bonchev–Trinajstić information content (AvgIpc) is 3.22. The van der Waals surface area contributed by atoms with Crippen LogP contribution in [0, 0.1) is 0 Å². The molecule has 4 rings (SSSR count). The molecule has 5 nitrogen and oxygen atoms in total. The Morgan fingerprint density at radius 2 is 2.17 bits per heavy atom. The van der Waals surface area contributed by atoms with Crippen molar-refractivity contribution < 1.29 is 4.74 Å². The molecule has 1 aliphatic heterocycles. The van der Waals surface area contributed by atoms with E-state index < -0.39 is 0 Å². The summed E-state index contributed by atoms with van der Waals surface area (Å²) in [6.45, 7) is 1.61. The van der Waals surface area contributed by atoms with Crippen LogP contribution in [0.4, 0.5) is 5.69 Å². The van der Waals surface area contributed by atoms with E-state index in [1.54, 1.807) is 6.33 Å². The van der Waals surface area contributed by atoms with E-state index in [1.807, 2.05) is 36.5 Å². The Balaban J connectivity index is 1.55. The molecule has 0 radical (unpaired) electrons. The Morgan fingerprint density at radius 3 is 3.09 bits per heavy atom. The number of aromatic amines is 1. The Labute approximate surface area is 139 Å². The van der Waals surface area contributed by atoms with Gasteiger partial charge in [-0.05, 0) is 31.0 Å². The number of pyridine rings is 1. The van der Waals surface area contributed by atoms with Crippen molar-refractivity contribution in [2.45, 2.75) is 18.9 Å². The van der Waals surface area contributed by atoms with Gasteiger partial charge in [-0.2, -0.15) is 0 Å². The molecule has 1 aromatic carbocycles. The lowest BCUT2D eigenvalue weighted by Gasteiger charge is -2.27. The standard InChI is InChI=1S/C17H17ClN4O/c18-13-5-1-2-6-15(13)23-10-12-4-3-9-22(12)14-7-8-19-17-16(14)20-11-21-17/h1-2,5-8,11-12H,3-4,9-10H2,(H,19,20,21)/t12-/m1/s1. The van der Waals surface area contributed by atoms with Crippen LogP contribution in [0.25, 0.3) is 11.2 Å². The Bertz CT molecular complexity index is 819. The lowest BCUT2D eigenvalue weighted by molar-refractivity contribution is 0.289. The minimum Gasteiger partial charge on any atom is -0.490 e. The Morgan fingerprint density at radius 1 is 1.26 bits per heavy atom. The molecule has 0 spiro atoms. The van der Waals surface area contributed by atoms with Crippen LogP contribution in [0.15, 0.2) is 42.9 Å². The number of hydrogen-bond donors (Lipinski definition) is 1. The topological polar surface area (TPSA) is 54.0 Å². The van der Waals surface area contributed by atoms with Crippen molar-refractivity contribution in [2.75, 3.05) is 18.1 Å². The fraction of sp³-hybridized carbons (Fsp3) is 0.294. The summed E-state index contributed by atoms with van der Waals surface area (Å²) >= 11 is 6.17. The lowest BCUT2D eigenvalue weighted by atomic mass is 10.2. The molecule has 2 aromatic heterocycles. The molecule has 1 N–H and O–H groups in total. The van der Waals surface area contributed by atoms with Gasteiger partial charge >= 0.3 is 0 Å². The minimum atomic E-state index is 0.313. The molecule has 0 unspecified atom stereocenters. The van der Waals surface area contributed by atoms with Gasteiger partial charge in [-0.25, -0.2) is 9.97 Å². The van der Waals surface area contributed by atoms with Gasteiger partial charge < -0.3 is 14.6 Å². The van der Waals surface area contributed by atoms with Crippen molar-refractivity contribution in [3.63, 3.8) is 0 Å². The van der Waals surface area contributed by atoms with Gasteiger partial charge in [0.1, 0.15) is 17.9 Å². The highest BCUT2D eigenvalue weighted by Crippen LogP contribution is 2.31. The van der Waals surface area contributed by atoms with Crippen molar-refractivity contribution in [1.29, 1.82) is 0 Å². The molecule has 0 bridgehead atoms. The van der Waals surface area contributed by atoms with E-state index in [0.717, 1.165) is 42.0 Å². The van der Waals surface area contributed by atoms with Crippen LogP contribution in [0.5, 0.6) is 5.75 Å². The van der Waals surface area contributed by atoms with Crippen molar-refractivity contribution >= 4 is 28.5 Å². The summed E-state index contributed by atoms with van der Waals surface area (Å²) in [6, 6.07) is 9.93. The van der Waals surface area contributed by atoms with Crippen LogP contribution in [-0.4, -0.2) is 34.1 Å². The quantitative estimate of drug-likeness (QED) is 0.794. The number of nitrogens with zero attached hydrogens (tertiary/aromatic N) is 3. The zero-order valence-electron chi connectivity index (χ0n) is 12.6. The van der Waals surface area contributed by atoms with E-state index in [1.165, 1.54) is 0 Å². The normalized spacial score (nSPS) is 17.8. The first kappa shape index (κ1) is 14.3.